The molecule has 0 bridgehead atoms. The molecule has 0 fully saturated rings. The fraction of sp³-hybridized carbons (Fsp3) is 0.231. The number of aliphatic carboxylic acids is 1. The van der Waals surface area contributed by atoms with Crippen LogP contribution in [0.3, 0.4) is 0 Å². The summed E-state index contributed by atoms with van der Waals surface area (Å²) in [6.07, 6.45) is 0.305. The Kier molecular flexibility index (Phi) is 4.28. The number of benzene rings is 1. The molecule has 1 aromatic rings. The molecule has 0 unspecified atom stereocenters. The quantitative estimate of drug-likeness (QED) is 0.621. The molecule has 0 aliphatic carbocycles. The summed E-state index contributed by atoms with van der Waals surface area (Å²) in [6.45, 7) is 1.81. The van der Waals surface area contributed by atoms with Crippen molar-refractivity contribution in [3.63, 3.8) is 0 Å². The van der Waals surface area contributed by atoms with Crippen molar-refractivity contribution < 1.29 is 14.7 Å². The van der Waals surface area contributed by atoms with E-state index in [4.69, 9.17) is 5.11 Å². The molecule has 0 amide bonds. The zero-order valence-corrected chi connectivity index (χ0v) is 8.99. The predicted octanol–water partition coefficient (Wildman–Crippen LogP) is 2.11. The van der Waals surface area contributed by atoms with Crippen molar-refractivity contribution in [2.45, 2.75) is 19.8 Å². The van der Waals surface area contributed by atoms with Crippen molar-refractivity contribution in [1.29, 1.82) is 0 Å². The Morgan fingerprint density at radius 2 is 1.88 bits per heavy atom. The highest BCUT2D eigenvalue weighted by Gasteiger charge is 2.01. The van der Waals surface area contributed by atoms with Gasteiger partial charge in [0.05, 0.1) is 0 Å². The first-order chi connectivity index (χ1) is 7.63. The summed E-state index contributed by atoms with van der Waals surface area (Å²) in [6, 6.07) is 6.85. The largest absolute Gasteiger partial charge is 0.481 e. The van der Waals surface area contributed by atoms with Gasteiger partial charge in [0.1, 0.15) is 6.42 Å². The van der Waals surface area contributed by atoms with Gasteiger partial charge in [-0.1, -0.05) is 30.9 Å². The van der Waals surface area contributed by atoms with Gasteiger partial charge in [-0.2, -0.15) is 0 Å². The topological polar surface area (TPSA) is 54.4 Å². The van der Waals surface area contributed by atoms with Gasteiger partial charge in [-0.15, -0.1) is 0 Å². The van der Waals surface area contributed by atoms with Crippen LogP contribution in [0.15, 0.2) is 24.3 Å². The first-order valence-corrected chi connectivity index (χ1v) is 4.97. The fourth-order valence-electron chi connectivity index (χ4n) is 1.17. The molecule has 0 spiro atoms. The molecular formula is C13H12O3. The van der Waals surface area contributed by atoms with Crippen LogP contribution >= 0.6 is 0 Å². The van der Waals surface area contributed by atoms with E-state index in [1.807, 2.05) is 6.92 Å². The average Bonchev–Trinajstić information content (AvgIpc) is 2.28. The lowest BCUT2D eigenvalue weighted by Crippen LogP contribution is -1.95. The lowest BCUT2D eigenvalue weighted by atomic mass is 10.1. The van der Waals surface area contributed by atoms with Crippen LogP contribution in [-0.4, -0.2) is 16.9 Å². The van der Waals surface area contributed by atoms with Gasteiger partial charge >= 0.3 is 5.97 Å². The molecule has 0 aliphatic heterocycles. The SMILES string of the molecule is CCC(=O)c1ccc(C#CCC(=O)O)cc1. The van der Waals surface area contributed by atoms with E-state index >= 15 is 0 Å². The third kappa shape index (κ3) is 3.58. The summed E-state index contributed by atoms with van der Waals surface area (Å²) >= 11 is 0. The van der Waals surface area contributed by atoms with E-state index in [2.05, 4.69) is 11.8 Å². The molecule has 0 aliphatic rings. The molecule has 0 heterocycles. The summed E-state index contributed by atoms with van der Waals surface area (Å²) in [7, 11) is 0. The zero-order valence-electron chi connectivity index (χ0n) is 8.99. The highest BCUT2D eigenvalue weighted by atomic mass is 16.4. The van der Waals surface area contributed by atoms with Gasteiger partial charge in [0, 0.05) is 17.5 Å². The van der Waals surface area contributed by atoms with Gasteiger partial charge < -0.3 is 5.11 Å². The monoisotopic (exact) mass is 216 g/mol. The van der Waals surface area contributed by atoms with Gasteiger partial charge in [0.15, 0.2) is 5.78 Å². The Morgan fingerprint density at radius 1 is 1.25 bits per heavy atom. The van der Waals surface area contributed by atoms with Crippen LogP contribution in [-0.2, 0) is 4.79 Å². The first kappa shape index (κ1) is 12.0. The highest BCUT2D eigenvalue weighted by Crippen LogP contribution is 2.05. The van der Waals surface area contributed by atoms with Crippen LogP contribution in [0, 0.1) is 11.8 Å². The Balaban J connectivity index is 2.74. The van der Waals surface area contributed by atoms with E-state index < -0.39 is 5.97 Å². The van der Waals surface area contributed by atoms with Gasteiger partial charge in [-0.25, -0.2) is 0 Å². The minimum atomic E-state index is -0.940. The second-order valence-corrected chi connectivity index (χ2v) is 3.23. The molecule has 0 saturated carbocycles. The van der Waals surface area contributed by atoms with Crippen molar-refractivity contribution in [2.75, 3.05) is 0 Å². The number of ketones is 1. The second kappa shape index (κ2) is 5.72. The molecule has 1 aromatic carbocycles. The number of hydrogen-bond donors (Lipinski definition) is 1. The normalized spacial score (nSPS) is 9.06. The molecule has 0 saturated heterocycles. The molecule has 3 heteroatoms. The minimum Gasteiger partial charge on any atom is -0.481 e. The minimum absolute atomic E-state index is 0.0880. The van der Waals surface area contributed by atoms with Gasteiger partial charge in [0.25, 0.3) is 0 Å². The third-order valence-electron chi connectivity index (χ3n) is 2.00. The lowest BCUT2D eigenvalue weighted by molar-refractivity contribution is -0.135. The van der Waals surface area contributed by atoms with Crippen LogP contribution in [0.2, 0.25) is 0 Å². The fourth-order valence-corrected chi connectivity index (χ4v) is 1.17. The van der Waals surface area contributed by atoms with Crippen molar-refractivity contribution in [3.05, 3.63) is 35.4 Å². The summed E-state index contributed by atoms with van der Waals surface area (Å²) in [5.74, 6) is 4.40. The number of carbonyl (C=O) groups is 2. The Morgan fingerprint density at radius 3 is 2.38 bits per heavy atom. The van der Waals surface area contributed by atoms with E-state index in [9.17, 15) is 9.59 Å². The van der Waals surface area contributed by atoms with Gasteiger partial charge in [0.2, 0.25) is 0 Å². The van der Waals surface area contributed by atoms with Crippen molar-refractivity contribution >= 4 is 11.8 Å². The van der Waals surface area contributed by atoms with Crippen molar-refractivity contribution in [2.24, 2.45) is 0 Å². The highest BCUT2D eigenvalue weighted by molar-refractivity contribution is 5.95. The Labute approximate surface area is 94.1 Å². The molecule has 3 nitrogen and oxygen atoms in total. The maximum Gasteiger partial charge on any atom is 0.315 e. The number of carboxylic acid groups (broad SMARTS) is 1. The van der Waals surface area contributed by atoms with Crippen LogP contribution in [0.1, 0.15) is 35.7 Å². The molecule has 0 aromatic heterocycles. The standard InChI is InChI=1S/C13H12O3/c1-2-12(14)11-8-6-10(7-9-11)4-3-5-13(15)16/h6-9H,2,5H2,1H3,(H,15,16). The molecule has 0 atom stereocenters. The number of hydrogen-bond acceptors (Lipinski definition) is 2. The number of carboxylic acids is 1. The molecule has 1 N–H and O–H groups in total. The number of Topliss-reactive ketones (excluding diaryl/α,β-unsaturated/α-hetero) is 1. The maximum atomic E-state index is 11.3. The lowest BCUT2D eigenvalue weighted by Gasteiger charge is -1.96. The Hall–Kier alpha value is -2.08. The average molecular weight is 216 g/mol. The number of carbonyl (C=O) groups excluding carboxylic acids is 1. The molecule has 82 valence electrons. The third-order valence-corrected chi connectivity index (χ3v) is 2.00. The molecular weight excluding hydrogens is 204 g/mol. The number of rotatable bonds is 3. The van der Waals surface area contributed by atoms with Crippen LogP contribution < -0.4 is 0 Å². The van der Waals surface area contributed by atoms with Crippen molar-refractivity contribution in [3.8, 4) is 11.8 Å². The van der Waals surface area contributed by atoms with Crippen LogP contribution in [0.25, 0.3) is 0 Å². The molecule has 16 heavy (non-hydrogen) atoms. The summed E-state index contributed by atoms with van der Waals surface area (Å²) < 4.78 is 0. The molecule has 1 rings (SSSR count). The smallest absolute Gasteiger partial charge is 0.315 e. The summed E-state index contributed by atoms with van der Waals surface area (Å²) in [5, 5.41) is 8.39. The van der Waals surface area contributed by atoms with E-state index in [0.717, 1.165) is 0 Å². The van der Waals surface area contributed by atoms with Crippen LogP contribution in [0.4, 0.5) is 0 Å². The first-order valence-electron chi connectivity index (χ1n) is 4.97. The van der Waals surface area contributed by atoms with E-state index in [0.29, 0.717) is 17.5 Å². The van der Waals surface area contributed by atoms with E-state index in [1.54, 1.807) is 24.3 Å². The van der Waals surface area contributed by atoms with E-state index in [-0.39, 0.29) is 12.2 Å². The van der Waals surface area contributed by atoms with Crippen molar-refractivity contribution in [1.82, 2.24) is 0 Å². The van der Waals surface area contributed by atoms with E-state index in [1.165, 1.54) is 0 Å². The zero-order chi connectivity index (χ0) is 12.0. The predicted molar refractivity (Wildman–Crippen MR) is 60.2 cm³/mol. The summed E-state index contributed by atoms with van der Waals surface area (Å²) in [4.78, 5) is 21.5. The maximum absolute atomic E-state index is 11.3. The Bertz CT molecular complexity index is 446. The van der Waals surface area contributed by atoms with Gasteiger partial charge in [-0.3, -0.25) is 9.59 Å². The summed E-state index contributed by atoms with van der Waals surface area (Å²) in [5.41, 5.74) is 1.38. The van der Waals surface area contributed by atoms with Gasteiger partial charge in [-0.05, 0) is 12.1 Å². The second-order valence-electron chi connectivity index (χ2n) is 3.23. The molecule has 0 radical (unpaired) electrons. The van der Waals surface area contributed by atoms with Crippen LogP contribution in [0.5, 0.6) is 0 Å².